The number of nitrogens with one attached hydrogen (secondary N) is 2. The van der Waals surface area contributed by atoms with Crippen molar-refractivity contribution in [1.29, 1.82) is 0 Å². The third-order valence-corrected chi connectivity index (χ3v) is 6.86. The van der Waals surface area contributed by atoms with E-state index in [2.05, 4.69) is 10.0 Å². The van der Waals surface area contributed by atoms with E-state index in [-0.39, 0.29) is 16.8 Å². The van der Waals surface area contributed by atoms with Crippen LogP contribution >= 0.6 is 11.6 Å². The van der Waals surface area contributed by atoms with Crippen molar-refractivity contribution in [2.45, 2.75) is 55.9 Å². The van der Waals surface area contributed by atoms with Crippen molar-refractivity contribution in [3.05, 3.63) is 59.1 Å². The van der Waals surface area contributed by atoms with Crippen LogP contribution in [0.25, 0.3) is 0 Å². The minimum atomic E-state index is -3.53. The summed E-state index contributed by atoms with van der Waals surface area (Å²) in [5.41, 5.74) is 1.50. The van der Waals surface area contributed by atoms with Crippen LogP contribution in [-0.2, 0) is 21.2 Å². The topological polar surface area (TPSA) is 75.3 Å². The largest absolute Gasteiger partial charge is 0.326 e. The molecule has 0 aliphatic heterocycles. The lowest BCUT2D eigenvalue weighted by atomic mass is 9.96. The van der Waals surface area contributed by atoms with Gasteiger partial charge in [0.15, 0.2) is 0 Å². The second kappa shape index (κ2) is 9.54. The highest BCUT2D eigenvalue weighted by atomic mass is 35.5. The van der Waals surface area contributed by atoms with Crippen LogP contribution in [0.15, 0.2) is 53.4 Å². The summed E-state index contributed by atoms with van der Waals surface area (Å²) in [6.07, 6.45) is 5.91. The summed E-state index contributed by atoms with van der Waals surface area (Å²) in [5, 5.41) is 3.44. The molecule has 3 rings (SSSR count). The number of halogens is 1. The molecule has 28 heavy (non-hydrogen) atoms. The van der Waals surface area contributed by atoms with Gasteiger partial charge in [-0.3, -0.25) is 4.79 Å². The average Bonchev–Trinajstić information content (AvgIpc) is 2.68. The summed E-state index contributed by atoms with van der Waals surface area (Å²) in [6, 6.07) is 13.7. The van der Waals surface area contributed by atoms with Gasteiger partial charge in [0.05, 0.1) is 4.90 Å². The smallest absolute Gasteiger partial charge is 0.240 e. The Morgan fingerprint density at radius 2 is 1.68 bits per heavy atom. The molecular formula is C21H25ClN2O3S. The van der Waals surface area contributed by atoms with Crippen molar-refractivity contribution in [1.82, 2.24) is 4.72 Å². The van der Waals surface area contributed by atoms with Crippen LogP contribution in [0.2, 0.25) is 5.02 Å². The maximum atomic E-state index is 12.5. The standard InChI is InChI=1S/C21H25ClN2O3S/c22-20-9-5-4-6-16(20)10-15-21(25)23-17-11-13-19(14-12-17)28(26,27)24-18-7-2-1-3-8-18/h4-6,9,11-14,18,24H,1-3,7-8,10,15H2,(H,23,25). The molecule has 5 nitrogen and oxygen atoms in total. The van der Waals surface area contributed by atoms with E-state index in [4.69, 9.17) is 11.6 Å². The second-order valence-electron chi connectivity index (χ2n) is 7.12. The van der Waals surface area contributed by atoms with Gasteiger partial charge < -0.3 is 5.32 Å². The molecule has 0 unspecified atom stereocenters. The Balaban J connectivity index is 1.54. The van der Waals surface area contributed by atoms with Gasteiger partial charge in [-0.15, -0.1) is 0 Å². The van der Waals surface area contributed by atoms with E-state index >= 15 is 0 Å². The molecule has 0 radical (unpaired) electrons. The normalized spacial score (nSPS) is 15.3. The number of sulfonamides is 1. The number of rotatable bonds is 7. The molecule has 0 aromatic heterocycles. The Hall–Kier alpha value is -1.89. The molecule has 1 amide bonds. The van der Waals surface area contributed by atoms with Gasteiger partial charge in [-0.05, 0) is 55.2 Å². The predicted octanol–water partition coefficient (Wildman–Crippen LogP) is 4.52. The Bertz CT molecular complexity index is 908. The SMILES string of the molecule is O=C(CCc1ccccc1Cl)Nc1ccc(S(=O)(=O)NC2CCCCC2)cc1. The van der Waals surface area contributed by atoms with E-state index < -0.39 is 10.0 Å². The van der Waals surface area contributed by atoms with E-state index in [9.17, 15) is 13.2 Å². The molecule has 0 atom stereocenters. The van der Waals surface area contributed by atoms with Gasteiger partial charge >= 0.3 is 0 Å². The van der Waals surface area contributed by atoms with Crippen molar-refractivity contribution in [3.8, 4) is 0 Å². The van der Waals surface area contributed by atoms with E-state index in [1.54, 1.807) is 18.2 Å². The summed E-state index contributed by atoms with van der Waals surface area (Å²) in [5.74, 6) is -0.143. The Kier molecular flexibility index (Phi) is 7.10. The Labute approximate surface area is 171 Å². The fourth-order valence-corrected chi connectivity index (χ4v) is 4.93. The molecule has 150 valence electrons. The Morgan fingerprint density at radius 1 is 1.00 bits per heavy atom. The van der Waals surface area contributed by atoms with Crippen molar-refractivity contribution in [2.75, 3.05) is 5.32 Å². The molecule has 0 bridgehead atoms. The summed E-state index contributed by atoms with van der Waals surface area (Å²) in [6.45, 7) is 0. The second-order valence-corrected chi connectivity index (χ2v) is 9.24. The van der Waals surface area contributed by atoms with E-state index in [0.29, 0.717) is 23.6 Å². The number of amides is 1. The lowest BCUT2D eigenvalue weighted by Crippen LogP contribution is -2.36. The van der Waals surface area contributed by atoms with Crippen LogP contribution in [0.4, 0.5) is 5.69 Å². The number of carbonyl (C=O) groups excluding carboxylic acids is 1. The molecule has 2 aromatic rings. The molecule has 0 heterocycles. The molecule has 1 fully saturated rings. The minimum absolute atomic E-state index is 0.0166. The predicted molar refractivity (Wildman–Crippen MR) is 112 cm³/mol. The summed E-state index contributed by atoms with van der Waals surface area (Å²) >= 11 is 6.10. The minimum Gasteiger partial charge on any atom is -0.326 e. The number of hydrogen-bond donors (Lipinski definition) is 2. The van der Waals surface area contributed by atoms with Gasteiger partial charge in [0.2, 0.25) is 15.9 Å². The summed E-state index contributed by atoms with van der Waals surface area (Å²) < 4.78 is 27.8. The van der Waals surface area contributed by atoms with Gasteiger partial charge in [-0.1, -0.05) is 49.1 Å². The molecule has 2 N–H and O–H groups in total. The molecule has 1 aliphatic rings. The molecule has 0 spiro atoms. The van der Waals surface area contributed by atoms with E-state index in [1.807, 2.05) is 18.2 Å². The van der Waals surface area contributed by atoms with Crippen LogP contribution < -0.4 is 10.0 Å². The number of benzene rings is 2. The first-order valence-corrected chi connectivity index (χ1v) is 11.5. The van der Waals surface area contributed by atoms with Crippen molar-refractivity contribution >= 4 is 33.2 Å². The lowest BCUT2D eigenvalue weighted by Gasteiger charge is -2.22. The zero-order valence-electron chi connectivity index (χ0n) is 15.7. The van der Waals surface area contributed by atoms with Gasteiger partial charge in [0, 0.05) is 23.2 Å². The molecule has 2 aromatic carbocycles. The molecule has 7 heteroatoms. The van der Waals surface area contributed by atoms with Crippen LogP contribution in [0.5, 0.6) is 0 Å². The van der Waals surface area contributed by atoms with Gasteiger partial charge in [-0.2, -0.15) is 0 Å². The fraction of sp³-hybridized carbons (Fsp3) is 0.381. The summed E-state index contributed by atoms with van der Waals surface area (Å²) in [4.78, 5) is 12.4. The lowest BCUT2D eigenvalue weighted by molar-refractivity contribution is -0.116. The number of hydrogen-bond acceptors (Lipinski definition) is 3. The zero-order valence-corrected chi connectivity index (χ0v) is 17.2. The molecular weight excluding hydrogens is 396 g/mol. The van der Waals surface area contributed by atoms with Crippen molar-refractivity contribution in [2.24, 2.45) is 0 Å². The third-order valence-electron chi connectivity index (χ3n) is 4.95. The first-order chi connectivity index (χ1) is 13.4. The van der Waals surface area contributed by atoms with E-state index in [0.717, 1.165) is 31.2 Å². The summed E-state index contributed by atoms with van der Waals surface area (Å²) in [7, 11) is -3.53. The number of aryl methyl sites for hydroxylation is 1. The maximum Gasteiger partial charge on any atom is 0.240 e. The zero-order chi connectivity index (χ0) is 20.0. The Morgan fingerprint density at radius 3 is 2.36 bits per heavy atom. The fourth-order valence-electron chi connectivity index (χ4n) is 3.40. The average molecular weight is 421 g/mol. The van der Waals surface area contributed by atoms with Crippen LogP contribution in [0.3, 0.4) is 0 Å². The highest BCUT2D eigenvalue weighted by Gasteiger charge is 2.21. The van der Waals surface area contributed by atoms with Crippen LogP contribution in [0, 0.1) is 0 Å². The van der Waals surface area contributed by atoms with Crippen LogP contribution in [0.1, 0.15) is 44.1 Å². The van der Waals surface area contributed by atoms with Gasteiger partial charge in [0.1, 0.15) is 0 Å². The van der Waals surface area contributed by atoms with Gasteiger partial charge in [-0.25, -0.2) is 13.1 Å². The third kappa shape index (κ3) is 5.80. The highest BCUT2D eigenvalue weighted by Crippen LogP contribution is 2.21. The first kappa shape index (κ1) is 20.8. The number of carbonyl (C=O) groups is 1. The van der Waals surface area contributed by atoms with Gasteiger partial charge in [0.25, 0.3) is 0 Å². The monoisotopic (exact) mass is 420 g/mol. The number of anilines is 1. The van der Waals surface area contributed by atoms with Crippen molar-refractivity contribution in [3.63, 3.8) is 0 Å². The molecule has 0 saturated heterocycles. The molecule has 1 saturated carbocycles. The van der Waals surface area contributed by atoms with E-state index in [1.165, 1.54) is 18.6 Å². The highest BCUT2D eigenvalue weighted by molar-refractivity contribution is 7.89. The first-order valence-electron chi connectivity index (χ1n) is 9.60. The van der Waals surface area contributed by atoms with Crippen molar-refractivity contribution < 1.29 is 13.2 Å². The quantitative estimate of drug-likeness (QED) is 0.691. The van der Waals surface area contributed by atoms with Crippen LogP contribution in [-0.4, -0.2) is 20.4 Å². The maximum absolute atomic E-state index is 12.5. The molecule has 1 aliphatic carbocycles.